The Morgan fingerprint density at radius 3 is 2.52 bits per heavy atom. The number of anilines is 2. The van der Waals surface area contributed by atoms with E-state index in [2.05, 4.69) is 5.32 Å². The number of carbonyl (C=O) groups excluding carboxylic acids is 1. The molecule has 6 heteroatoms. The highest BCUT2D eigenvalue weighted by Crippen LogP contribution is 2.31. The zero-order chi connectivity index (χ0) is 15.4. The second kappa shape index (κ2) is 6.04. The number of nitrogens with two attached hydrogens (primary N) is 1. The number of phenolic OH excluding ortho intramolecular Hbond substituents is 1. The normalized spacial score (nSPS) is 10.0. The predicted octanol–water partition coefficient (Wildman–Crippen LogP) is 2.24. The summed E-state index contributed by atoms with van der Waals surface area (Å²) in [6.07, 6.45) is 0. The van der Waals surface area contributed by atoms with Crippen molar-refractivity contribution in [3.63, 3.8) is 0 Å². The molecule has 0 bridgehead atoms. The van der Waals surface area contributed by atoms with E-state index in [1.807, 2.05) is 0 Å². The largest absolute Gasteiger partial charge is 0.504 e. The van der Waals surface area contributed by atoms with E-state index in [0.29, 0.717) is 17.1 Å². The van der Waals surface area contributed by atoms with Gasteiger partial charge in [0.15, 0.2) is 11.5 Å². The van der Waals surface area contributed by atoms with Crippen LogP contribution < -0.4 is 20.5 Å². The number of benzene rings is 2. The molecule has 4 N–H and O–H groups in total. The Labute approximate surface area is 122 Å². The van der Waals surface area contributed by atoms with Crippen molar-refractivity contribution in [2.75, 3.05) is 25.3 Å². The molecular formula is C15H16N2O4. The van der Waals surface area contributed by atoms with Crippen LogP contribution in [0.5, 0.6) is 17.2 Å². The third-order valence-corrected chi connectivity index (χ3v) is 2.94. The highest BCUT2D eigenvalue weighted by atomic mass is 16.5. The van der Waals surface area contributed by atoms with Gasteiger partial charge in [0.2, 0.25) is 0 Å². The lowest BCUT2D eigenvalue weighted by Gasteiger charge is -2.12. The van der Waals surface area contributed by atoms with Crippen LogP contribution in [0.1, 0.15) is 10.4 Å². The van der Waals surface area contributed by atoms with Gasteiger partial charge in [0.25, 0.3) is 5.91 Å². The van der Waals surface area contributed by atoms with E-state index in [-0.39, 0.29) is 17.1 Å². The van der Waals surface area contributed by atoms with Gasteiger partial charge in [-0.3, -0.25) is 4.79 Å². The Kier molecular flexibility index (Phi) is 4.18. The number of hydrogen-bond donors (Lipinski definition) is 3. The Morgan fingerprint density at radius 1 is 1.14 bits per heavy atom. The van der Waals surface area contributed by atoms with Gasteiger partial charge in [-0.05, 0) is 24.3 Å². The van der Waals surface area contributed by atoms with Crippen LogP contribution in [0.2, 0.25) is 0 Å². The van der Waals surface area contributed by atoms with E-state index in [0.717, 1.165) is 0 Å². The van der Waals surface area contributed by atoms with E-state index >= 15 is 0 Å². The van der Waals surface area contributed by atoms with Crippen LogP contribution in [-0.2, 0) is 0 Å². The van der Waals surface area contributed by atoms with Crippen LogP contribution in [0.3, 0.4) is 0 Å². The molecule has 0 saturated heterocycles. The zero-order valence-electron chi connectivity index (χ0n) is 11.7. The molecule has 2 rings (SSSR count). The number of nitrogen functional groups attached to an aromatic ring is 1. The van der Waals surface area contributed by atoms with Crippen molar-refractivity contribution in [3.8, 4) is 17.2 Å². The first-order chi connectivity index (χ1) is 10.1. The molecule has 0 saturated carbocycles. The number of hydrogen-bond acceptors (Lipinski definition) is 5. The van der Waals surface area contributed by atoms with E-state index in [1.54, 1.807) is 30.3 Å². The van der Waals surface area contributed by atoms with Crippen molar-refractivity contribution >= 4 is 17.3 Å². The number of ether oxygens (including phenoxy) is 2. The second-order valence-electron chi connectivity index (χ2n) is 4.27. The summed E-state index contributed by atoms with van der Waals surface area (Å²) in [5.74, 6) is -0.0287. The average molecular weight is 288 g/mol. The highest BCUT2D eigenvalue weighted by molar-refractivity contribution is 6.07. The molecule has 2 aromatic rings. The zero-order valence-corrected chi connectivity index (χ0v) is 11.7. The first kappa shape index (κ1) is 14.5. The SMILES string of the molecule is COc1cc(N)ccc1NC(=O)c1cccc(OC)c1O. The fraction of sp³-hybridized carbons (Fsp3) is 0.133. The van der Waals surface area contributed by atoms with Crippen LogP contribution >= 0.6 is 0 Å². The summed E-state index contributed by atoms with van der Waals surface area (Å²) < 4.78 is 10.1. The summed E-state index contributed by atoms with van der Waals surface area (Å²) >= 11 is 0. The van der Waals surface area contributed by atoms with Crippen LogP contribution in [0.15, 0.2) is 36.4 Å². The molecule has 0 atom stereocenters. The molecule has 0 aromatic heterocycles. The molecule has 0 aliphatic rings. The van der Waals surface area contributed by atoms with Gasteiger partial charge in [-0.1, -0.05) is 6.07 Å². The molecule has 2 aromatic carbocycles. The topological polar surface area (TPSA) is 93.8 Å². The fourth-order valence-electron chi connectivity index (χ4n) is 1.87. The maximum atomic E-state index is 12.2. The van der Waals surface area contributed by atoms with Crippen molar-refractivity contribution in [3.05, 3.63) is 42.0 Å². The standard InChI is InChI=1S/C15H16N2O4/c1-20-12-5-3-4-10(14(12)18)15(19)17-11-7-6-9(16)8-13(11)21-2/h3-8,18H,16H2,1-2H3,(H,17,19). The molecule has 0 unspecified atom stereocenters. The number of phenols is 1. The summed E-state index contributed by atoms with van der Waals surface area (Å²) in [6, 6.07) is 9.55. The summed E-state index contributed by atoms with van der Waals surface area (Å²) in [6.45, 7) is 0. The van der Waals surface area contributed by atoms with Crippen molar-refractivity contribution in [1.29, 1.82) is 0 Å². The van der Waals surface area contributed by atoms with Crippen molar-refractivity contribution in [1.82, 2.24) is 0 Å². The minimum atomic E-state index is -0.477. The van der Waals surface area contributed by atoms with Crippen LogP contribution in [0.25, 0.3) is 0 Å². The summed E-state index contributed by atoms with van der Waals surface area (Å²) in [5.41, 5.74) is 6.74. The molecule has 0 aliphatic carbocycles. The van der Waals surface area contributed by atoms with Gasteiger partial charge in [-0.15, -0.1) is 0 Å². The van der Waals surface area contributed by atoms with Crippen LogP contribution in [0, 0.1) is 0 Å². The Bertz CT molecular complexity index is 671. The summed E-state index contributed by atoms with van der Waals surface area (Å²) in [7, 11) is 2.90. The third-order valence-electron chi connectivity index (χ3n) is 2.94. The van der Waals surface area contributed by atoms with Crippen molar-refractivity contribution < 1.29 is 19.4 Å². The van der Waals surface area contributed by atoms with Gasteiger partial charge < -0.3 is 25.6 Å². The molecule has 110 valence electrons. The fourth-order valence-corrected chi connectivity index (χ4v) is 1.87. The highest BCUT2D eigenvalue weighted by Gasteiger charge is 2.16. The van der Waals surface area contributed by atoms with E-state index < -0.39 is 5.91 Å². The first-order valence-electron chi connectivity index (χ1n) is 6.17. The van der Waals surface area contributed by atoms with Crippen LogP contribution in [0.4, 0.5) is 11.4 Å². The van der Waals surface area contributed by atoms with Gasteiger partial charge in [0, 0.05) is 11.8 Å². The lowest BCUT2D eigenvalue weighted by atomic mass is 10.1. The van der Waals surface area contributed by atoms with Crippen LogP contribution in [-0.4, -0.2) is 25.2 Å². The smallest absolute Gasteiger partial charge is 0.259 e. The average Bonchev–Trinajstić information content (AvgIpc) is 2.49. The Balaban J connectivity index is 2.30. The monoisotopic (exact) mass is 288 g/mol. The van der Waals surface area contributed by atoms with Gasteiger partial charge in [0.05, 0.1) is 25.5 Å². The predicted molar refractivity (Wildman–Crippen MR) is 80.0 cm³/mol. The molecule has 0 radical (unpaired) electrons. The Morgan fingerprint density at radius 2 is 1.86 bits per heavy atom. The molecule has 21 heavy (non-hydrogen) atoms. The maximum Gasteiger partial charge on any atom is 0.259 e. The quantitative estimate of drug-likeness (QED) is 0.750. The molecule has 1 amide bonds. The van der Waals surface area contributed by atoms with E-state index in [4.69, 9.17) is 15.2 Å². The molecule has 0 fully saturated rings. The van der Waals surface area contributed by atoms with Gasteiger partial charge in [0.1, 0.15) is 5.75 Å². The van der Waals surface area contributed by atoms with E-state index in [9.17, 15) is 9.90 Å². The van der Waals surface area contributed by atoms with Gasteiger partial charge >= 0.3 is 0 Å². The van der Waals surface area contributed by atoms with Crippen molar-refractivity contribution in [2.24, 2.45) is 0 Å². The number of amides is 1. The van der Waals surface area contributed by atoms with Crippen molar-refractivity contribution in [2.45, 2.75) is 0 Å². The lowest BCUT2D eigenvalue weighted by molar-refractivity contribution is 0.102. The number of methoxy groups -OCH3 is 2. The number of aromatic hydroxyl groups is 1. The van der Waals surface area contributed by atoms with E-state index in [1.165, 1.54) is 20.3 Å². The molecule has 6 nitrogen and oxygen atoms in total. The minimum absolute atomic E-state index is 0.105. The number of rotatable bonds is 4. The second-order valence-corrected chi connectivity index (χ2v) is 4.27. The molecule has 0 aliphatic heterocycles. The molecular weight excluding hydrogens is 272 g/mol. The first-order valence-corrected chi connectivity index (χ1v) is 6.17. The summed E-state index contributed by atoms with van der Waals surface area (Å²) in [4.78, 5) is 12.2. The number of carbonyl (C=O) groups is 1. The number of nitrogens with one attached hydrogen (secondary N) is 1. The molecule has 0 spiro atoms. The molecule has 0 heterocycles. The Hall–Kier alpha value is -2.89. The summed E-state index contributed by atoms with van der Waals surface area (Å²) in [5, 5.41) is 12.6. The lowest BCUT2D eigenvalue weighted by Crippen LogP contribution is -2.13. The van der Waals surface area contributed by atoms with Gasteiger partial charge in [-0.2, -0.15) is 0 Å². The number of para-hydroxylation sites is 1. The van der Waals surface area contributed by atoms with Gasteiger partial charge in [-0.25, -0.2) is 0 Å². The maximum absolute atomic E-state index is 12.2. The third kappa shape index (κ3) is 3.00. The minimum Gasteiger partial charge on any atom is -0.504 e.